The highest BCUT2D eigenvalue weighted by molar-refractivity contribution is 6.22. The van der Waals surface area contributed by atoms with Crippen molar-refractivity contribution in [3.05, 3.63) is 143 Å². The van der Waals surface area contributed by atoms with Gasteiger partial charge in [-0.05, 0) is 148 Å². The van der Waals surface area contributed by atoms with Crippen LogP contribution in [0.3, 0.4) is 0 Å². The maximum atomic E-state index is 5.08. The molecule has 0 aliphatic heterocycles. The Kier molecular flexibility index (Phi) is 7.99. The summed E-state index contributed by atoms with van der Waals surface area (Å²) in [6, 6.07) is 36.0. The molecule has 0 N–H and O–H groups in total. The Bertz CT molecular complexity index is 3700. The molecule has 0 unspecified atom stereocenters. The van der Waals surface area contributed by atoms with Gasteiger partial charge in [0.15, 0.2) is 0 Å². The van der Waals surface area contributed by atoms with E-state index in [4.69, 9.17) is 59.8 Å². The SMILES string of the molecule is Cc1cc2nc3c4nc5cc(C)c(C)cc5nc4c4nc5cc(C)c(C)cc5nc4c3nc2cc1C.c1ccc2nc3c(nc2c1)c1nc2ccccc2nc1c1nc2ccccc2nc31. The number of fused-ring (bicyclic) bond motifs is 18. The van der Waals surface area contributed by atoms with Gasteiger partial charge < -0.3 is 0 Å². The molecule has 6 heterocycles. The molecule has 66 heavy (non-hydrogen) atoms. The number of aryl methyl sites for hydroxylation is 6. The van der Waals surface area contributed by atoms with Crippen LogP contribution < -0.4 is 0 Å². The summed E-state index contributed by atoms with van der Waals surface area (Å²) >= 11 is 0. The van der Waals surface area contributed by atoms with E-state index in [9.17, 15) is 0 Å². The van der Waals surface area contributed by atoms with Gasteiger partial charge in [-0.1, -0.05) is 36.4 Å². The second-order valence-electron chi connectivity index (χ2n) is 17.3. The summed E-state index contributed by atoms with van der Waals surface area (Å²) in [5, 5.41) is 0. The molecular weight excluding hydrogens is 817 g/mol. The topological polar surface area (TPSA) is 155 Å². The molecule has 0 saturated heterocycles. The van der Waals surface area contributed by atoms with Crippen LogP contribution in [-0.4, -0.2) is 59.8 Å². The summed E-state index contributed by atoms with van der Waals surface area (Å²) < 4.78 is 0. The van der Waals surface area contributed by atoms with E-state index in [1.54, 1.807) is 0 Å². The average molecular weight is 853 g/mol. The van der Waals surface area contributed by atoms with Gasteiger partial charge >= 0.3 is 0 Å². The molecule has 8 aromatic carbocycles. The second kappa shape index (κ2) is 13.9. The highest BCUT2D eigenvalue weighted by Gasteiger charge is 2.21. The van der Waals surface area contributed by atoms with Crippen LogP contribution in [0.1, 0.15) is 33.4 Å². The normalized spacial score (nSPS) is 12.1. The standard InChI is InChI=1S/C30H24N6.C24H12N6/c1-13-7-19-20(8-14(13)2)32-26-25(31-19)27-29(35-22-10-16(4)15(3)9-21(22)33-27)30-28(26)34-23-11-17(5)18(6)12-24(23)36-30;1-2-8-14-13(7-1)25-19-20(26-14)22-24(30-18-12-6-5-11-17(18)28-22)23-21(19)27-15-9-3-4-10-16(15)29-23/h7-12H,1-6H3;1-12H. The summed E-state index contributed by atoms with van der Waals surface area (Å²) in [4.78, 5) is 60.0. The first kappa shape index (κ1) is 37.9. The molecule has 6 aromatic heterocycles. The largest absolute Gasteiger partial charge is 0.242 e. The molecular formula is C54H36N12. The van der Waals surface area contributed by atoms with E-state index in [-0.39, 0.29) is 0 Å². The lowest BCUT2D eigenvalue weighted by Crippen LogP contribution is -2.00. The van der Waals surface area contributed by atoms with Crippen molar-refractivity contribution >= 4 is 132 Å². The van der Waals surface area contributed by atoms with Crippen molar-refractivity contribution in [3.63, 3.8) is 0 Å². The fourth-order valence-electron chi connectivity index (χ4n) is 8.92. The molecule has 0 aliphatic carbocycles. The van der Waals surface area contributed by atoms with Gasteiger partial charge in [-0.3, -0.25) is 0 Å². The smallest absolute Gasteiger partial charge is 0.120 e. The number of hydrogen-bond acceptors (Lipinski definition) is 12. The molecule has 12 nitrogen and oxygen atoms in total. The van der Waals surface area contributed by atoms with Crippen LogP contribution in [0.15, 0.2) is 109 Å². The maximum absolute atomic E-state index is 5.08. The first-order valence-corrected chi connectivity index (χ1v) is 21.8. The minimum atomic E-state index is 0.694. The van der Waals surface area contributed by atoms with Gasteiger partial charge in [-0.15, -0.1) is 0 Å². The quantitative estimate of drug-likeness (QED) is 0.105. The summed E-state index contributed by atoms with van der Waals surface area (Å²) in [6.45, 7) is 12.6. The van der Waals surface area contributed by atoms with E-state index in [2.05, 4.69) is 77.9 Å². The van der Waals surface area contributed by atoms with Crippen molar-refractivity contribution in [2.45, 2.75) is 41.5 Å². The predicted molar refractivity (Wildman–Crippen MR) is 265 cm³/mol. The van der Waals surface area contributed by atoms with Crippen molar-refractivity contribution in [3.8, 4) is 0 Å². The van der Waals surface area contributed by atoms with Crippen LogP contribution in [0.2, 0.25) is 0 Å². The van der Waals surface area contributed by atoms with Crippen molar-refractivity contribution in [1.82, 2.24) is 59.8 Å². The number of benzene rings is 8. The van der Waals surface area contributed by atoms with E-state index in [1.807, 2.05) is 72.8 Å². The van der Waals surface area contributed by atoms with Gasteiger partial charge in [0.1, 0.15) is 66.2 Å². The Balaban J connectivity index is 0.000000134. The summed E-state index contributed by atoms with van der Waals surface area (Å²) in [7, 11) is 0. The van der Waals surface area contributed by atoms with Crippen molar-refractivity contribution in [1.29, 1.82) is 0 Å². The van der Waals surface area contributed by atoms with E-state index < -0.39 is 0 Å². The molecule has 14 aromatic rings. The van der Waals surface area contributed by atoms with Crippen molar-refractivity contribution in [2.75, 3.05) is 0 Å². The van der Waals surface area contributed by atoms with Crippen LogP contribution in [0, 0.1) is 41.5 Å². The lowest BCUT2D eigenvalue weighted by Gasteiger charge is -2.12. The lowest BCUT2D eigenvalue weighted by molar-refractivity contribution is 1.29. The molecule has 0 fully saturated rings. The molecule has 0 aliphatic rings. The number of rotatable bonds is 0. The third-order valence-corrected chi connectivity index (χ3v) is 12.9. The Hall–Kier alpha value is -8.64. The van der Waals surface area contributed by atoms with Crippen LogP contribution in [0.25, 0.3) is 132 Å². The molecule has 0 spiro atoms. The molecule has 0 amide bonds. The fourth-order valence-corrected chi connectivity index (χ4v) is 8.92. The first-order chi connectivity index (χ1) is 32.1. The molecule has 312 valence electrons. The molecule has 0 bridgehead atoms. The van der Waals surface area contributed by atoms with Gasteiger partial charge in [0.05, 0.1) is 66.2 Å². The molecule has 12 heteroatoms. The van der Waals surface area contributed by atoms with Crippen LogP contribution in [0.4, 0.5) is 0 Å². The lowest BCUT2D eigenvalue weighted by atomic mass is 10.1. The average Bonchev–Trinajstić information content (AvgIpc) is 3.33. The third-order valence-electron chi connectivity index (χ3n) is 12.9. The monoisotopic (exact) mass is 852 g/mol. The van der Waals surface area contributed by atoms with E-state index in [1.165, 1.54) is 33.4 Å². The van der Waals surface area contributed by atoms with Gasteiger partial charge in [0.25, 0.3) is 0 Å². The summed E-state index contributed by atoms with van der Waals surface area (Å²) in [5.41, 5.74) is 25.4. The van der Waals surface area contributed by atoms with E-state index in [0.29, 0.717) is 66.2 Å². The summed E-state index contributed by atoms with van der Waals surface area (Å²) in [5.74, 6) is 0. The Morgan fingerprint density at radius 3 is 0.439 bits per heavy atom. The minimum Gasteiger partial charge on any atom is -0.242 e. The van der Waals surface area contributed by atoms with E-state index in [0.717, 1.165) is 66.2 Å². The van der Waals surface area contributed by atoms with E-state index >= 15 is 0 Å². The number of para-hydroxylation sites is 6. The Morgan fingerprint density at radius 1 is 0.182 bits per heavy atom. The molecule has 0 atom stereocenters. The van der Waals surface area contributed by atoms with Crippen LogP contribution in [0.5, 0.6) is 0 Å². The maximum Gasteiger partial charge on any atom is 0.120 e. The Labute approximate surface area is 374 Å². The zero-order chi connectivity index (χ0) is 44.5. The predicted octanol–water partition coefficient (Wildman–Crippen LogP) is 11.8. The second-order valence-corrected chi connectivity index (χ2v) is 17.3. The number of nitrogens with zero attached hydrogens (tertiary/aromatic N) is 12. The highest BCUT2D eigenvalue weighted by atomic mass is 14.9. The van der Waals surface area contributed by atoms with Crippen molar-refractivity contribution in [2.24, 2.45) is 0 Å². The molecule has 0 saturated carbocycles. The van der Waals surface area contributed by atoms with Gasteiger partial charge in [0.2, 0.25) is 0 Å². The third kappa shape index (κ3) is 5.77. The molecule has 0 radical (unpaired) electrons. The highest BCUT2D eigenvalue weighted by Crippen LogP contribution is 2.36. The fraction of sp³-hybridized carbons (Fsp3) is 0.111. The first-order valence-electron chi connectivity index (χ1n) is 21.8. The summed E-state index contributed by atoms with van der Waals surface area (Å²) in [6.07, 6.45) is 0. The molecule has 14 rings (SSSR count). The van der Waals surface area contributed by atoms with Gasteiger partial charge in [-0.25, -0.2) is 59.8 Å². The zero-order valence-electron chi connectivity index (χ0n) is 36.8. The van der Waals surface area contributed by atoms with Gasteiger partial charge in [-0.2, -0.15) is 0 Å². The van der Waals surface area contributed by atoms with Crippen molar-refractivity contribution < 1.29 is 0 Å². The minimum absolute atomic E-state index is 0.694. The number of hydrogen-bond donors (Lipinski definition) is 0. The number of aromatic nitrogens is 12. The Morgan fingerprint density at radius 2 is 0.303 bits per heavy atom. The van der Waals surface area contributed by atoms with Gasteiger partial charge in [0, 0.05) is 0 Å². The van der Waals surface area contributed by atoms with Crippen LogP contribution >= 0.6 is 0 Å². The van der Waals surface area contributed by atoms with Crippen LogP contribution in [-0.2, 0) is 0 Å². The zero-order valence-corrected chi connectivity index (χ0v) is 36.8.